The number of amides is 1. The lowest BCUT2D eigenvalue weighted by atomic mass is 9.92. The summed E-state index contributed by atoms with van der Waals surface area (Å²) in [5.74, 6) is 0.251. The summed E-state index contributed by atoms with van der Waals surface area (Å²) in [6, 6.07) is 2.45. The first kappa shape index (κ1) is 17.9. The molecule has 0 saturated carbocycles. The van der Waals surface area contributed by atoms with Crippen LogP contribution in [0.1, 0.15) is 25.7 Å². The molecule has 1 spiro atoms. The van der Waals surface area contributed by atoms with Gasteiger partial charge in [0.1, 0.15) is 23.5 Å². The number of hydrogen-bond donors (Lipinski definition) is 3. The SMILES string of the molecule is CN1/C(=C(Cl)\C=C(/C=O)Nc2ccncn2)C(=O)NC12CC1CCC(C2)N1. The highest BCUT2D eigenvalue weighted by molar-refractivity contribution is 6.33. The first-order valence-corrected chi connectivity index (χ1v) is 9.30. The predicted octanol–water partition coefficient (Wildman–Crippen LogP) is 1.09. The lowest BCUT2D eigenvalue weighted by molar-refractivity contribution is -0.117. The van der Waals surface area contributed by atoms with Crippen molar-refractivity contribution in [2.75, 3.05) is 12.4 Å². The number of nitrogens with one attached hydrogen (secondary N) is 3. The molecule has 27 heavy (non-hydrogen) atoms. The van der Waals surface area contributed by atoms with E-state index in [-0.39, 0.29) is 16.6 Å². The van der Waals surface area contributed by atoms with Crippen molar-refractivity contribution in [3.63, 3.8) is 0 Å². The zero-order chi connectivity index (χ0) is 19.0. The van der Waals surface area contributed by atoms with E-state index in [1.807, 2.05) is 11.9 Å². The standard InChI is InChI=1S/C18H21ClN6O2/c1-25-16(14(19)6-13(9-26)23-15-4-5-20-10-21-15)17(27)24-18(25)7-11-2-3-12(8-18)22-11/h4-6,9-12,22H,2-3,7-8H2,1H3,(H,24,27)(H,20,21,23)/b13-6+,16-14+. The van der Waals surface area contributed by atoms with Gasteiger partial charge in [0.15, 0.2) is 6.29 Å². The van der Waals surface area contributed by atoms with E-state index in [1.54, 1.807) is 12.3 Å². The summed E-state index contributed by atoms with van der Waals surface area (Å²) in [6.07, 6.45) is 8.95. The molecule has 2 atom stereocenters. The van der Waals surface area contributed by atoms with Crippen molar-refractivity contribution < 1.29 is 9.59 Å². The van der Waals surface area contributed by atoms with Gasteiger partial charge in [-0.15, -0.1) is 0 Å². The summed E-state index contributed by atoms with van der Waals surface area (Å²) < 4.78 is 0. The van der Waals surface area contributed by atoms with Crippen LogP contribution in [0.4, 0.5) is 5.82 Å². The number of anilines is 1. The van der Waals surface area contributed by atoms with Gasteiger partial charge >= 0.3 is 0 Å². The molecule has 0 aliphatic carbocycles. The second kappa shape index (κ2) is 6.94. The first-order chi connectivity index (χ1) is 13.0. The van der Waals surface area contributed by atoms with Crippen LogP contribution in [0.2, 0.25) is 0 Å². The molecule has 8 nitrogen and oxygen atoms in total. The molecule has 2 bridgehead atoms. The van der Waals surface area contributed by atoms with E-state index >= 15 is 0 Å². The number of carbonyl (C=O) groups excluding carboxylic acids is 2. The Labute approximate surface area is 162 Å². The summed E-state index contributed by atoms with van der Waals surface area (Å²) >= 11 is 6.46. The predicted molar refractivity (Wildman–Crippen MR) is 100 cm³/mol. The van der Waals surface area contributed by atoms with Crippen LogP contribution < -0.4 is 16.0 Å². The van der Waals surface area contributed by atoms with Crippen molar-refractivity contribution in [2.45, 2.75) is 43.4 Å². The first-order valence-electron chi connectivity index (χ1n) is 8.93. The number of aromatic nitrogens is 2. The minimum absolute atomic E-state index is 0.207. The average Bonchev–Trinajstić information content (AvgIpc) is 3.11. The smallest absolute Gasteiger partial charge is 0.270 e. The van der Waals surface area contributed by atoms with E-state index in [1.165, 1.54) is 12.4 Å². The van der Waals surface area contributed by atoms with E-state index in [9.17, 15) is 9.59 Å². The molecule has 9 heteroatoms. The largest absolute Gasteiger partial charge is 0.346 e. The second-order valence-corrected chi connectivity index (χ2v) is 7.63. The minimum Gasteiger partial charge on any atom is -0.346 e. The molecule has 3 fully saturated rings. The molecule has 1 amide bonds. The Morgan fingerprint density at radius 2 is 2.15 bits per heavy atom. The van der Waals surface area contributed by atoms with Crippen molar-refractivity contribution in [3.05, 3.63) is 41.1 Å². The molecule has 142 valence electrons. The average molecular weight is 389 g/mol. The Morgan fingerprint density at radius 1 is 1.41 bits per heavy atom. The lowest BCUT2D eigenvalue weighted by Crippen LogP contribution is -2.59. The van der Waals surface area contributed by atoms with Gasteiger partial charge in [-0.25, -0.2) is 9.97 Å². The molecule has 4 heterocycles. The highest BCUT2D eigenvalue weighted by Crippen LogP contribution is 2.41. The van der Waals surface area contributed by atoms with Crippen LogP contribution in [0.15, 0.2) is 41.1 Å². The van der Waals surface area contributed by atoms with E-state index < -0.39 is 5.66 Å². The van der Waals surface area contributed by atoms with E-state index in [0.29, 0.717) is 29.9 Å². The Hall–Kier alpha value is -2.45. The number of rotatable bonds is 4. The zero-order valence-corrected chi connectivity index (χ0v) is 15.7. The van der Waals surface area contributed by atoms with Gasteiger partial charge in [-0.3, -0.25) is 9.59 Å². The summed E-state index contributed by atoms with van der Waals surface area (Å²) in [7, 11) is 1.88. The van der Waals surface area contributed by atoms with E-state index in [0.717, 1.165) is 25.7 Å². The third kappa shape index (κ3) is 3.30. The van der Waals surface area contributed by atoms with Gasteiger partial charge in [-0.1, -0.05) is 11.6 Å². The molecule has 1 aromatic heterocycles. The Morgan fingerprint density at radius 3 is 2.78 bits per heavy atom. The minimum atomic E-state index is -0.418. The molecular formula is C18H21ClN6O2. The number of piperidine rings is 1. The number of halogens is 1. The Balaban J connectivity index is 1.61. The van der Waals surface area contributed by atoms with Gasteiger partial charge in [0.05, 0.1) is 10.7 Å². The summed E-state index contributed by atoms with van der Waals surface area (Å²) in [5.41, 5.74) is 0.166. The number of allylic oxidation sites excluding steroid dienone is 3. The molecule has 3 aliphatic heterocycles. The number of aldehydes is 1. The summed E-state index contributed by atoms with van der Waals surface area (Å²) in [5, 5.41) is 9.80. The number of likely N-dealkylation sites (N-methyl/N-ethyl adjacent to an activating group) is 1. The van der Waals surface area contributed by atoms with Gasteiger partial charge in [0.25, 0.3) is 5.91 Å². The fraction of sp³-hybridized carbons (Fsp3) is 0.444. The lowest BCUT2D eigenvalue weighted by Gasteiger charge is -2.43. The van der Waals surface area contributed by atoms with E-state index in [2.05, 4.69) is 25.9 Å². The summed E-state index contributed by atoms with van der Waals surface area (Å²) in [6.45, 7) is 0. The van der Waals surface area contributed by atoms with Crippen LogP contribution in [-0.4, -0.2) is 51.9 Å². The quantitative estimate of drug-likeness (QED) is 0.524. The maximum Gasteiger partial charge on any atom is 0.270 e. The van der Waals surface area contributed by atoms with Crippen LogP contribution in [0.3, 0.4) is 0 Å². The molecule has 0 aromatic carbocycles. The van der Waals surface area contributed by atoms with Crippen LogP contribution in [0.5, 0.6) is 0 Å². The second-order valence-electron chi connectivity index (χ2n) is 7.22. The maximum absolute atomic E-state index is 12.7. The van der Waals surface area contributed by atoms with Crippen molar-refractivity contribution in [1.82, 2.24) is 25.5 Å². The van der Waals surface area contributed by atoms with E-state index in [4.69, 9.17) is 11.6 Å². The highest BCUT2D eigenvalue weighted by atomic mass is 35.5. The van der Waals surface area contributed by atoms with Crippen LogP contribution in [0.25, 0.3) is 0 Å². The van der Waals surface area contributed by atoms with Crippen LogP contribution in [-0.2, 0) is 9.59 Å². The van der Waals surface area contributed by atoms with Crippen molar-refractivity contribution >= 4 is 29.6 Å². The molecular weight excluding hydrogens is 368 g/mol. The maximum atomic E-state index is 12.7. The van der Waals surface area contributed by atoms with Crippen molar-refractivity contribution in [1.29, 1.82) is 0 Å². The van der Waals surface area contributed by atoms with Gasteiger partial charge < -0.3 is 20.9 Å². The molecule has 3 saturated heterocycles. The topological polar surface area (TPSA) is 99.2 Å². The van der Waals surface area contributed by atoms with Gasteiger partial charge in [-0.05, 0) is 25.0 Å². The molecule has 2 unspecified atom stereocenters. The van der Waals surface area contributed by atoms with Gasteiger partial charge in [0.2, 0.25) is 0 Å². The normalized spacial score (nSPS) is 31.9. The number of fused-ring (bicyclic) bond motifs is 2. The van der Waals surface area contributed by atoms with Crippen molar-refractivity contribution in [3.8, 4) is 0 Å². The molecule has 0 radical (unpaired) electrons. The van der Waals surface area contributed by atoms with Crippen LogP contribution in [0, 0.1) is 0 Å². The number of carbonyl (C=O) groups is 2. The fourth-order valence-corrected chi connectivity index (χ4v) is 4.64. The van der Waals surface area contributed by atoms with Crippen LogP contribution >= 0.6 is 11.6 Å². The molecule has 4 rings (SSSR count). The van der Waals surface area contributed by atoms with Gasteiger partial charge in [0, 0.05) is 38.2 Å². The Bertz CT molecular complexity index is 812. The molecule has 3 N–H and O–H groups in total. The highest BCUT2D eigenvalue weighted by Gasteiger charge is 2.52. The third-order valence-electron chi connectivity index (χ3n) is 5.53. The fourth-order valence-electron chi connectivity index (χ4n) is 4.31. The zero-order valence-electron chi connectivity index (χ0n) is 14.9. The molecule has 3 aliphatic rings. The number of hydrogen-bond acceptors (Lipinski definition) is 7. The molecule has 1 aromatic rings. The van der Waals surface area contributed by atoms with Gasteiger partial charge in [-0.2, -0.15) is 0 Å². The third-order valence-corrected chi connectivity index (χ3v) is 5.82. The van der Waals surface area contributed by atoms with Crippen molar-refractivity contribution in [2.24, 2.45) is 0 Å². The Kier molecular flexibility index (Phi) is 4.61. The number of nitrogens with zero attached hydrogens (tertiary/aromatic N) is 3. The monoisotopic (exact) mass is 388 g/mol. The summed E-state index contributed by atoms with van der Waals surface area (Å²) in [4.78, 5) is 33.9.